The highest BCUT2D eigenvalue weighted by atomic mass is 16.5. The van der Waals surface area contributed by atoms with Gasteiger partial charge in [-0.1, -0.05) is 0 Å². The Balaban J connectivity index is 1.95. The molecule has 0 radical (unpaired) electrons. The molecule has 0 bridgehead atoms. The third-order valence-corrected chi connectivity index (χ3v) is 5.36. The molecule has 0 aliphatic rings. The molecule has 3 rings (SSSR count). The van der Waals surface area contributed by atoms with Gasteiger partial charge in [0.15, 0.2) is 0 Å². The number of aryl methyl sites for hydroxylation is 3. The maximum atomic E-state index is 12.6. The van der Waals surface area contributed by atoms with Gasteiger partial charge in [-0.15, -0.1) is 0 Å². The van der Waals surface area contributed by atoms with Crippen LogP contribution in [0.5, 0.6) is 5.75 Å². The molecule has 0 saturated heterocycles. The Labute approximate surface area is 178 Å². The zero-order valence-corrected chi connectivity index (χ0v) is 18.8. The number of carbonyl (C=O) groups is 1. The number of hydrogen-bond donors (Lipinski definition) is 1. The lowest BCUT2D eigenvalue weighted by Gasteiger charge is -2.15. The van der Waals surface area contributed by atoms with Crippen LogP contribution in [0.3, 0.4) is 0 Å². The molecule has 0 saturated carbocycles. The molecule has 5 nitrogen and oxygen atoms in total. The smallest absolute Gasteiger partial charge is 0.248 e. The van der Waals surface area contributed by atoms with Crippen molar-refractivity contribution in [2.45, 2.75) is 34.6 Å². The first-order chi connectivity index (χ1) is 14.2. The minimum atomic E-state index is -0.176. The molecule has 2 aromatic carbocycles. The first kappa shape index (κ1) is 21.5. The number of anilines is 2. The van der Waals surface area contributed by atoms with Gasteiger partial charge in [0.25, 0.3) is 0 Å². The van der Waals surface area contributed by atoms with Gasteiger partial charge in [-0.05, 0) is 76.1 Å². The largest absolute Gasteiger partial charge is 0.493 e. The van der Waals surface area contributed by atoms with Crippen LogP contribution in [-0.4, -0.2) is 26.6 Å². The molecule has 0 spiro atoms. The minimum absolute atomic E-state index is 0.176. The van der Waals surface area contributed by atoms with Gasteiger partial charge in [0.05, 0.1) is 6.61 Å². The van der Waals surface area contributed by atoms with Crippen molar-refractivity contribution in [1.29, 1.82) is 0 Å². The number of amides is 1. The molecular weight excluding hydrogens is 376 g/mol. The maximum Gasteiger partial charge on any atom is 0.248 e. The molecule has 3 aromatic rings. The molecule has 0 unspecified atom stereocenters. The highest BCUT2D eigenvalue weighted by Gasteiger charge is 2.18. The number of ether oxygens (including phenoxy) is 1. The molecular formula is C25H30N2O3. The number of carbonyl (C=O) groups excluding carboxylic acids is 1. The third-order valence-electron chi connectivity index (χ3n) is 5.36. The molecule has 0 aliphatic heterocycles. The first-order valence-electron chi connectivity index (χ1n) is 10.2. The highest BCUT2D eigenvalue weighted by molar-refractivity contribution is 6.05. The second-order valence-electron chi connectivity index (χ2n) is 7.73. The number of nitrogens with zero attached hydrogens (tertiary/aromatic N) is 1. The standard InChI is InChI=1S/C25H30N2O3/c1-8-29-24-17(4)25-22(16(3)18(5)30-25)14-21(24)15(2)13-23(28)26-19-9-11-20(12-10-19)27(6)7/h9-14H,8H2,1-7H3,(H,26,28)/b15-13+. The monoisotopic (exact) mass is 406 g/mol. The predicted octanol–water partition coefficient (Wildman–Crippen LogP) is 5.86. The maximum absolute atomic E-state index is 12.6. The van der Waals surface area contributed by atoms with Gasteiger partial charge in [-0.2, -0.15) is 0 Å². The summed E-state index contributed by atoms with van der Waals surface area (Å²) in [5.41, 5.74) is 6.48. The van der Waals surface area contributed by atoms with Gasteiger partial charge >= 0.3 is 0 Å². The van der Waals surface area contributed by atoms with E-state index < -0.39 is 0 Å². The van der Waals surface area contributed by atoms with Gasteiger partial charge in [-0.25, -0.2) is 0 Å². The molecule has 0 aliphatic carbocycles. The van der Waals surface area contributed by atoms with Gasteiger partial charge < -0.3 is 19.4 Å². The van der Waals surface area contributed by atoms with Crippen LogP contribution in [0.25, 0.3) is 16.5 Å². The third kappa shape index (κ3) is 4.20. The van der Waals surface area contributed by atoms with E-state index in [0.29, 0.717) is 6.61 Å². The lowest BCUT2D eigenvalue weighted by Crippen LogP contribution is -2.10. The summed E-state index contributed by atoms with van der Waals surface area (Å²) in [4.78, 5) is 14.7. The number of hydrogen-bond acceptors (Lipinski definition) is 4. The van der Waals surface area contributed by atoms with E-state index in [-0.39, 0.29) is 5.91 Å². The molecule has 1 N–H and O–H groups in total. The van der Waals surface area contributed by atoms with Crippen molar-refractivity contribution in [2.24, 2.45) is 0 Å². The van der Waals surface area contributed by atoms with Crippen molar-refractivity contribution in [2.75, 3.05) is 30.9 Å². The molecule has 30 heavy (non-hydrogen) atoms. The fourth-order valence-corrected chi connectivity index (χ4v) is 3.53. The summed E-state index contributed by atoms with van der Waals surface area (Å²) in [5.74, 6) is 1.48. The van der Waals surface area contributed by atoms with Crippen LogP contribution < -0.4 is 15.0 Å². The lowest BCUT2D eigenvalue weighted by atomic mass is 9.98. The SMILES string of the molecule is CCOc1c(/C(C)=C/C(=O)Nc2ccc(N(C)C)cc2)cc2c(C)c(C)oc2c1C. The van der Waals surface area contributed by atoms with E-state index in [2.05, 4.69) is 11.4 Å². The molecule has 158 valence electrons. The first-order valence-corrected chi connectivity index (χ1v) is 10.2. The van der Waals surface area contributed by atoms with Gasteiger partial charge in [0, 0.05) is 48.1 Å². The highest BCUT2D eigenvalue weighted by Crippen LogP contribution is 2.38. The normalized spacial score (nSPS) is 11.6. The average molecular weight is 407 g/mol. The van der Waals surface area contributed by atoms with E-state index in [4.69, 9.17) is 9.15 Å². The topological polar surface area (TPSA) is 54.7 Å². The minimum Gasteiger partial charge on any atom is -0.493 e. The Morgan fingerprint density at radius 1 is 1.13 bits per heavy atom. The molecule has 0 fully saturated rings. The Bertz CT molecular complexity index is 1110. The number of nitrogens with one attached hydrogen (secondary N) is 1. The van der Waals surface area contributed by atoms with Crippen molar-refractivity contribution < 1.29 is 13.9 Å². The van der Waals surface area contributed by atoms with E-state index in [1.165, 1.54) is 0 Å². The van der Waals surface area contributed by atoms with Crippen molar-refractivity contribution in [3.63, 3.8) is 0 Å². The zero-order valence-electron chi connectivity index (χ0n) is 18.8. The fourth-order valence-electron chi connectivity index (χ4n) is 3.53. The predicted molar refractivity (Wildman–Crippen MR) is 125 cm³/mol. The summed E-state index contributed by atoms with van der Waals surface area (Å²) in [7, 11) is 3.97. The van der Waals surface area contributed by atoms with Crippen LogP contribution in [0, 0.1) is 20.8 Å². The molecule has 1 aromatic heterocycles. The summed E-state index contributed by atoms with van der Waals surface area (Å²) in [6.45, 7) is 10.4. The molecule has 5 heteroatoms. The van der Waals surface area contributed by atoms with Crippen molar-refractivity contribution in [1.82, 2.24) is 0 Å². The molecule has 0 atom stereocenters. The van der Waals surface area contributed by atoms with E-state index in [1.54, 1.807) is 6.08 Å². The van der Waals surface area contributed by atoms with Gasteiger partial charge in [0.2, 0.25) is 5.91 Å². The Kier molecular flexibility index (Phi) is 6.20. The lowest BCUT2D eigenvalue weighted by molar-refractivity contribution is -0.111. The van der Waals surface area contributed by atoms with E-state index >= 15 is 0 Å². The van der Waals surface area contributed by atoms with Crippen molar-refractivity contribution in [3.05, 3.63) is 58.9 Å². The number of allylic oxidation sites excluding steroid dienone is 1. The summed E-state index contributed by atoms with van der Waals surface area (Å²) in [5, 5.41) is 3.99. The van der Waals surface area contributed by atoms with Crippen LogP contribution in [0.2, 0.25) is 0 Å². The van der Waals surface area contributed by atoms with Gasteiger partial charge in [0.1, 0.15) is 17.1 Å². The van der Waals surface area contributed by atoms with Gasteiger partial charge in [-0.3, -0.25) is 4.79 Å². The van der Waals surface area contributed by atoms with E-state index in [1.807, 2.05) is 77.9 Å². The van der Waals surface area contributed by atoms with Crippen LogP contribution in [0.15, 0.2) is 40.8 Å². The van der Waals surface area contributed by atoms with Crippen molar-refractivity contribution in [3.8, 4) is 5.75 Å². The van der Waals surface area contributed by atoms with Crippen LogP contribution in [0.4, 0.5) is 11.4 Å². The summed E-state index contributed by atoms with van der Waals surface area (Å²) < 4.78 is 11.9. The summed E-state index contributed by atoms with van der Waals surface area (Å²) in [6.07, 6.45) is 1.62. The fraction of sp³-hybridized carbons (Fsp3) is 0.320. The van der Waals surface area contributed by atoms with E-state index in [0.717, 1.165) is 56.1 Å². The number of fused-ring (bicyclic) bond motifs is 1. The Hall–Kier alpha value is -3.21. The number of furan rings is 1. The number of rotatable bonds is 6. The summed E-state index contributed by atoms with van der Waals surface area (Å²) in [6, 6.07) is 9.80. The second kappa shape index (κ2) is 8.66. The quantitative estimate of drug-likeness (QED) is 0.521. The number of benzene rings is 2. The van der Waals surface area contributed by atoms with Crippen LogP contribution in [0.1, 0.15) is 36.3 Å². The second-order valence-corrected chi connectivity index (χ2v) is 7.73. The molecule has 1 amide bonds. The summed E-state index contributed by atoms with van der Waals surface area (Å²) >= 11 is 0. The zero-order chi connectivity index (χ0) is 22.0. The van der Waals surface area contributed by atoms with Crippen LogP contribution in [-0.2, 0) is 4.79 Å². The average Bonchev–Trinajstić information content (AvgIpc) is 2.98. The Morgan fingerprint density at radius 2 is 1.80 bits per heavy atom. The van der Waals surface area contributed by atoms with E-state index in [9.17, 15) is 4.79 Å². The Morgan fingerprint density at radius 3 is 2.40 bits per heavy atom. The van der Waals surface area contributed by atoms with Crippen LogP contribution >= 0.6 is 0 Å². The van der Waals surface area contributed by atoms with Crippen molar-refractivity contribution >= 4 is 33.8 Å². The molecule has 1 heterocycles.